The van der Waals surface area contributed by atoms with Crippen LogP contribution in [0, 0.1) is 18.3 Å². The number of amides is 2. The van der Waals surface area contributed by atoms with Crippen molar-refractivity contribution in [3.8, 4) is 6.07 Å². The van der Waals surface area contributed by atoms with Crippen LogP contribution in [-0.4, -0.2) is 24.9 Å². The van der Waals surface area contributed by atoms with Crippen molar-refractivity contribution in [1.82, 2.24) is 10.6 Å². The lowest BCUT2D eigenvalue weighted by Gasteiger charge is -2.07. The molecule has 0 atom stereocenters. The van der Waals surface area contributed by atoms with Gasteiger partial charge in [-0.15, -0.1) is 0 Å². The second-order valence-electron chi connectivity index (χ2n) is 3.76. The summed E-state index contributed by atoms with van der Waals surface area (Å²) >= 11 is 0. The number of nitriles is 1. The van der Waals surface area contributed by atoms with Crippen LogP contribution in [0.25, 0.3) is 0 Å². The summed E-state index contributed by atoms with van der Waals surface area (Å²) in [4.78, 5) is 22.7. The van der Waals surface area contributed by atoms with E-state index in [-0.39, 0.29) is 18.2 Å². The maximum Gasteiger partial charge on any atom is 0.251 e. The third kappa shape index (κ3) is 4.26. The van der Waals surface area contributed by atoms with Gasteiger partial charge in [0.25, 0.3) is 5.91 Å². The molecule has 1 rings (SSSR count). The maximum atomic E-state index is 11.8. The summed E-state index contributed by atoms with van der Waals surface area (Å²) in [6, 6.07) is 9.04. The van der Waals surface area contributed by atoms with Gasteiger partial charge in [-0.25, -0.2) is 0 Å². The first kappa shape index (κ1) is 13.7. The van der Waals surface area contributed by atoms with E-state index in [1.807, 2.05) is 19.1 Å². The normalized spacial score (nSPS) is 9.33. The summed E-state index contributed by atoms with van der Waals surface area (Å²) in [5.41, 5.74) is 1.53. The van der Waals surface area contributed by atoms with Crippen LogP contribution in [0.4, 0.5) is 0 Å². The molecule has 0 aliphatic carbocycles. The number of rotatable bonds is 5. The van der Waals surface area contributed by atoms with Crippen LogP contribution in [-0.2, 0) is 4.79 Å². The Morgan fingerprint density at radius 3 is 2.56 bits per heavy atom. The summed E-state index contributed by atoms with van der Waals surface area (Å²) in [5, 5.41) is 13.5. The third-order valence-electron chi connectivity index (χ3n) is 2.36. The molecule has 0 radical (unpaired) electrons. The number of hydrogen-bond acceptors (Lipinski definition) is 3. The molecule has 2 amide bonds. The maximum absolute atomic E-state index is 11.8. The molecule has 0 bridgehead atoms. The number of carbonyl (C=O) groups is 2. The van der Waals surface area contributed by atoms with E-state index >= 15 is 0 Å². The van der Waals surface area contributed by atoms with E-state index in [2.05, 4.69) is 10.6 Å². The number of nitrogens with one attached hydrogen (secondary N) is 2. The van der Waals surface area contributed by atoms with Gasteiger partial charge in [-0.1, -0.05) is 18.2 Å². The summed E-state index contributed by atoms with van der Waals surface area (Å²) in [6.45, 7) is 2.52. The molecule has 0 spiro atoms. The molecule has 0 aromatic heterocycles. The van der Waals surface area contributed by atoms with Crippen molar-refractivity contribution in [2.75, 3.05) is 13.1 Å². The largest absolute Gasteiger partial charge is 0.353 e. The van der Waals surface area contributed by atoms with Crippen molar-refractivity contribution >= 4 is 11.8 Å². The molecule has 0 aliphatic heterocycles. The monoisotopic (exact) mass is 245 g/mol. The number of nitrogens with zero attached hydrogens (tertiary/aromatic N) is 1. The molecule has 0 aliphatic rings. The molecule has 94 valence electrons. The third-order valence-corrected chi connectivity index (χ3v) is 2.36. The highest BCUT2D eigenvalue weighted by Crippen LogP contribution is 2.05. The van der Waals surface area contributed by atoms with Crippen LogP contribution < -0.4 is 10.6 Å². The van der Waals surface area contributed by atoms with Crippen molar-refractivity contribution in [3.63, 3.8) is 0 Å². The van der Waals surface area contributed by atoms with Gasteiger partial charge in [-0.05, 0) is 18.6 Å². The van der Waals surface area contributed by atoms with E-state index in [0.29, 0.717) is 18.7 Å². The molecule has 18 heavy (non-hydrogen) atoms. The van der Waals surface area contributed by atoms with Crippen LogP contribution in [0.5, 0.6) is 0 Å². The van der Waals surface area contributed by atoms with Gasteiger partial charge in [-0.3, -0.25) is 9.59 Å². The molecule has 0 unspecified atom stereocenters. The first-order valence-corrected chi connectivity index (χ1v) is 5.62. The zero-order valence-electron chi connectivity index (χ0n) is 10.2. The summed E-state index contributed by atoms with van der Waals surface area (Å²) in [5.74, 6) is -0.495. The van der Waals surface area contributed by atoms with Gasteiger partial charge in [0.15, 0.2) is 0 Å². The minimum absolute atomic E-state index is 0.161. The summed E-state index contributed by atoms with van der Waals surface area (Å²) < 4.78 is 0. The fourth-order valence-corrected chi connectivity index (χ4v) is 1.44. The van der Waals surface area contributed by atoms with Gasteiger partial charge >= 0.3 is 0 Å². The smallest absolute Gasteiger partial charge is 0.251 e. The molecule has 0 saturated carbocycles. The predicted molar refractivity (Wildman–Crippen MR) is 66.8 cm³/mol. The van der Waals surface area contributed by atoms with Gasteiger partial charge in [0.05, 0.1) is 6.07 Å². The molecule has 0 heterocycles. The van der Waals surface area contributed by atoms with Crippen LogP contribution in [0.15, 0.2) is 24.3 Å². The highest BCUT2D eigenvalue weighted by atomic mass is 16.2. The Morgan fingerprint density at radius 2 is 1.89 bits per heavy atom. The highest BCUT2D eigenvalue weighted by molar-refractivity contribution is 5.95. The van der Waals surface area contributed by atoms with Gasteiger partial charge in [0, 0.05) is 18.7 Å². The number of benzene rings is 1. The van der Waals surface area contributed by atoms with Gasteiger partial charge < -0.3 is 10.6 Å². The second kappa shape index (κ2) is 7.07. The molecule has 1 aromatic rings. The molecule has 5 nitrogen and oxygen atoms in total. The van der Waals surface area contributed by atoms with E-state index in [9.17, 15) is 9.59 Å². The van der Waals surface area contributed by atoms with E-state index in [0.717, 1.165) is 5.56 Å². The van der Waals surface area contributed by atoms with Gasteiger partial charge in [-0.2, -0.15) is 5.26 Å². The Morgan fingerprint density at radius 1 is 1.22 bits per heavy atom. The first-order chi connectivity index (χ1) is 8.65. The van der Waals surface area contributed by atoms with Crippen LogP contribution in [0.2, 0.25) is 0 Å². The standard InChI is InChI=1S/C13H15N3O2/c1-10-4-2-3-5-11(10)13(18)16-9-8-15-12(17)6-7-14/h2-5H,6,8-9H2,1H3,(H,15,17)(H,16,18). The highest BCUT2D eigenvalue weighted by Gasteiger charge is 2.07. The predicted octanol–water partition coefficient (Wildman–Crippen LogP) is 0.755. The fourth-order valence-electron chi connectivity index (χ4n) is 1.44. The lowest BCUT2D eigenvalue weighted by molar-refractivity contribution is -0.120. The fraction of sp³-hybridized carbons (Fsp3) is 0.308. The van der Waals surface area contributed by atoms with Crippen LogP contribution in [0.3, 0.4) is 0 Å². The van der Waals surface area contributed by atoms with E-state index in [4.69, 9.17) is 5.26 Å². The summed E-state index contributed by atoms with van der Waals surface area (Å²) in [6.07, 6.45) is -0.161. The summed E-state index contributed by atoms with van der Waals surface area (Å²) in [7, 11) is 0. The lowest BCUT2D eigenvalue weighted by atomic mass is 10.1. The van der Waals surface area contributed by atoms with Gasteiger partial charge in [0.1, 0.15) is 6.42 Å². The average Bonchev–Trinajstić information content (AvgIpc) is 2.35. The van der Waals surface area contributed by atoms with Crippen molar-refractivity contribution in [2.24, 2.45) is 0 Å². The Bertz CT molecular complexity index is 477. The SMILES string of the molecule is Cc1ccccc1C(=O)NCCNC(=O)CC#N. The van der Waals surface area contributed by atoms with Crippen LogP contribution >= 0.6 is 0 Å². The molecular formula is C13H15N3O2. The molecule has 5 heteroatoms. The molecule has 1 aromatic carbocycles. The first-order valence-electron chi connectivity index (χ1n) is 5.62. The molecular weight excluding hydrogens is 230 g/mol. The topological polar surface area (TPSA) is 82.0 Å². The van der Waals surface area contributed by atoms with E-state index < -0.39 is 0 Å². The Labute approximate surface area is 106 Å². The minimum Gasteiger partial charge on any atom is -0.353 e. The van der Waals surface area contributed by atoms with Crippen molar-refractivity contribution in [1.29, 1.82) is 5.26 Å². The Balaban J connectivity index is 2.33. The van der Waals surface area contributed by atoms with Crippen molar-refractivity contribution in [2.45, 2.75) is 13.3 Å². The number of aryl methyl sites for hydroxylation is 1. The molecule has 2 N–H and O–H groups in total. The Hall–Kier alpha value is -2.35. The molecule has 0 fully saturated rings. The number of carbonyl (C=O) groups excluding carboxylic acids is 2. The van der Waals surface area contributed by atoms with Gasteiger partial charge in [0.2, 0.25) is 5.91 Å². The van der Waals surface area contributed by atoms with E-state index in [1.54, 1.807) is 18.2 Å². The van der Waals surface area contributed by atoms with Crippen molar-refractivity contribution in [3.05, 3.63) is 35.4 Å². The second-order valence-corrected chi connectivity index (χ2v) is 3.76. The zero-order valence-corrected chi connectivity index (χ0v) is 10.2. The zero-order chi connectivity index (χ0) is 13.4. The van der Waals surface area contributed by atoms with E-state index in [1.165, 1.54) is 0 Å². The van der Waals surface area contributed by atoms with Crippen LogP contribution in [0.1, 0.15) is 22.3 Å². The minimum atomic E-state index is -0.331. The quantitative estimate of drug-likeness (QED) is 0.751. The lowest BCUT2D eigenvalue weighted by Crippen LogP contribution is -2.34. The molecule has 0 saturated heterocycles. The van der Waals surface area contributed by atoms with Crippen molar-refractivity contribution < 1.29 is 9.59 Å². The Kier molecular flexibility index (Phi) is 5.39. The average molecular weight is 245 g/mol. The number of hydrogen-bond donors (Lipinski definition) is 2.